The summed E-state index contributed by atoms with van der Waals surface area (Å²) in [5.74, 6) is 0. The third-order valence-corrected chi connectivity index (χ3v) is 2.24. The molecule has 0 saturated heterocycles. The first-order chi connectivity index (χ1) is 4.59. The van der Waals surface area contributed by atoms with Gasteiger partial charge in [0.25, 0.3) is 0 Å². The summed E-state index contributed by atoms with van der Waals surface area (Å²) >= 11 is 10.3. The molecule has 0 radical (unpaired) electrons. The topological polar surface area (TPSA) is 38.0 Å². The van der Waals surface area contributed by atoms with Gasteiger partial charge in [0.2, 0.25) is 0 Å². The Bertz CT molecular complexity index is 164. The minimum Gasteiger partial charge on any atom is -0.390 e. The van der Waals surface area contributed by atoms with Gasteiger partial charge >= 0.3 is 0 Å². The first kappa shape index (κ1) is 10.1. The average Bonchev–Trinajstić information content (AvgIpc) is 1.87. The van der Waals surface area contributed by atoms with Crippen molar-refractivity contribution in [3.8, 4) is 0 Å². The van der Waals surface area contributed by atoms with Crippen LogP contribution in [0.5, 0.6) is 0 Å². The van der Waals surface area contributed by atoms with Crippen LogP contribution in [0, 0.1) is 0 Å². The maximum absolute atomic E-state index is 5.34. The van der Waals surface area contributed by atoms with E-state index in [2.05, 4.69) is 17.4 Å². The summed E-state index contributed by atoms with van der Waals surface area (Å²) in [4.78, 5) is 0.381. The predicted octanol–water partition coefficient (Wildman–Crippen LogP) is 1.30. The van der Waals surface area contributed by atoms with E-state index in [1.54, 1.807) is 0 Å². The van der Waals surface area contributed by atoms with Crippen LogP contribution in [-0.4, -0.2) is 11.2 Å². The lowest BCUT2D eigenvalue weighted by Gasteiger charge is -2.04. The van der Waals surface area contributed by atoms with Crippen molar-refractivity contribution in [2.75, 3.05) is 6.26 Å². The third kappa shape index (κ3) is 3.34. The first-order valence-corrected chi connectivity index (χ1v) is 4.66. The summed E-state index contributed by atoms with van der Waals surface area (Å²) < 4.78 is 2.92. The zero-order valence-electron chi connectivity index (χ0n) is 5.84. The van der Waals surface area contributed by atoms with E-state index in [-0.39, 0.29) is 0 Å². The van der Waals surface area contributed by atoms with Gasteiger partial charge in [0.15, 0.2) is 0 Å². The molecule has 0 heterocycles. The van der Waals surface area contributed by atoms with Crippen LogP contribution >= 0.6 is 36.8 Å². The summed E-state index contributed by atoms with van der Waals surface area (Å²) in [7, 11) is 0. The van der Waals surface area contributed by atoms with Gasteiger partial charge in [0.05, 0.1) is 5.03 Å². The van der Waals surface area contributed by atoms with Gasteiger partial charge in [-0.15, -0.1) is 12.6 Å². The number of hydrogen-bond acceptors (Lipinski definition) is 4. The summed E-state index contributed by atoms with van der Waals surface area (Å²) in [6.45, 7) is 1.83. The van der Waals surface area contributed by atoms with E-state index < -0.39 is 0 Å². The van der Waals surface area contributed by atoms with E-state index in [1.165, 1.54) is 11.9 Å². The molecule has 0 aliphatic carbocycles. The van der Waals surface area contributed by atoms with Gasteiger partial charge in [-0.25, -0.2) is 0 Å². The highest BCUT2D eigenvalue weighted by atomic mass is 32.2. The van der Waals surface area contributed by atoms with Crippen molar-refractivity contribution < 1.29 is 0 Å². The monoisotopic (exact) mass is 194 g/mol. The van der Waals surface area contributed by atoms with Crippen LogP contribution in [0.1, 0.15) is 6.92 Å². The Labute approximate surface area is 76.2 Å². The lowest BCUT2D eigenvalue weighted by Crippen LogP contribution is -2.13. The Kier molecular flexibility index (Phi) is 4.93. The van der Waals surface area contributed by atoms with Gasteiger partial charge in [0, 0.05) is 11.8 Å². The number of hydrogen-bond donors (Lipinski definition) is 3. The SMILES string of the molecule is CSN/C(S)=C(/C)C(N)=S. The fraction of sp³-hybridized carbons (Fsp3) is 0.400. The van der Waals surface area contributed by atoms with Gasteiger partial charge in [0.1, 0.15) is 4.99 Å². The van der Waals surface area contributed by atoms with Crippen molar-refractivity contribution in [3.63, 3.8) is 0 Å². The van der Waals surface area contributed by atoms with E-state index in [1.807, 2.05) is 13.2 Å². The minimum atomic E-state index is 0.381. The second-order valence-corrected chi connectivity index (χ2v) is 3.14. The molecule has 0 atom stereocenters. The van der Waals surface area contributed by atoms with Gasteiger partial charge < -0.3 is 10.5 Å². The zero-order chi connectivity index (χ0) is 8.15. The fourth-order valence-electron chi connectivity index (χ4n) is 0.290. The summed E-state index contributed by atoms with van der Waals surface area (Å²) in [6, 6.07) is 0. The van der Waals surface area contributed by atoms with Crippen LogP contribution in [0.3, 0.4) is 0 Å². The number of thiocarbonyl (C=S) groups is 1. The van der Waals surface area contributed by atoms with Crippen LogP contribution < -0.4 is 10.5 Å². The number of nitrogens with one attached hydrogen (secondary N) is 1. The summed E-state index contributed by atoms with van der Waals surface area (Å²) in [5, 5.41) is 0.722. The molecule has 0 spiro atoms. The van der Waals surface area contributed by atoms with E-state index in [9.17, 15) is 0 Å². The molecule has 58 valence electrons. The molecule has 0 amide bonds. The van der Waals surface area contributed by atoms with E-state index in [0.29, 0.717) is 4.99 Å². The zero-order valence-corrected chi connectivity index (χ0v) is 8.37. The molecule has 0 aliphatic rings. The van der Waals surface area contributed by atoms with Crippen molar-refractivity contribution >= 4 is 41.8 Å². The van der Waals surface area contributed by atoms with Gasteiger partial charge in [-0.3, -0.25) is 0 Å². The van der Waals surface area contributed by atoms with Crippen LogP contribution in [0.15, 0.2) is 10.6 Å². The maximum atomic E-state index is 5.34. The number of nitrogens with two attached hydrogens (primary N) is 1. The Morgan fingerprint density at radius 3 is 2.50 bits per heavy atom. The van der Waals surface area contributed by atoms with E-state index in [0.717, 1.165) is 10.6 Å². The Morgan fingerprint density at radius 1 is 1.70 bits per heavy atom. The van der Waals surface area contributed by atoms with Crippen LogP contribution in [-0.2, 0) is 0 Å². The molecule has 10 heavy (non-hydrogen) atoms. The van der Waals surface area contributed by atoms with E-state index >= 15 is 0 Å². The normalized spacial score (nSPS) is 12.3. The van der Waals surface area contributed by atoms with Crippen LogP contribution in [0.2, 0.25) is 0 Å². The van der Waals surface area contributed by atoms with Crippen molar-refractivity contribution in [3.05, 3.63) is 10.6 Å². The molecule has 0 aromatic rings. The Morgan fingerprint density at radius 2 is 2.20 bits per heavy atom. The Hall–Kier alpha value is 0.130. The molecule has 0 rings (SSSR count). The van der Waals surface area contributed by atoms with Crippen molar-refractivity contribution in [2.45, 2.75) is 6.92 Å². The molecule has 0 saturated carbocycles. The van der Waals surface area contributed by atoms with Gasteiger partial charge in [-0.05, 0) is 6.92 Å². The molecule has 0 unspecified atom stereocenters. The summed E-state index contributed by atoms with van der Waals surface area (Å²) in [6.07, 6.45) is 1.91. The quantitative estimate of drug-likeness (QED) is 0.274. The smallest absolute Gasteiger partial charge is 0.102 e. The molecular weight excluding hydrogens is 184 g/mol. The Balaban J connectivity index is 4.19. The lowest BCUT2D eigenvalue weighted by molar-refractivity contribution is 1.33. The van der Waals surface area contributed by atoms with Gasteiger partial charge in [-0.1, -0.05) is 24.2 Å². The molecule has 0 aliphatic heterocycles. The molecular formula is C5H10N2S3. The van der Waals surface area contributed by atoms with E-state index in [4.69, 9.17) is 18.0 Å². The second-order valence-electron chi connectivity index (χ2n) is 1.64. The second kappa shape index (κ2) is 4.87. The average molecular weight is 194 g/mol. The standard InChI is InChI=1S/C5H10N2S3/c1-3(4(6)8)5(9)7-10-2/h7,9H,1-2H3,(H2,6,8)/b5-3+. The molecule has 0 bridgehead atoms. The highest BCUT2D eigenvalue weighted by Gasteiger charge is 1.98. The van der Waals surface area contributed by atoms with Crippen molar-refractivity contribution in [2.24, 2.45) is 5.73 Å². The molecule has 0 aromatic heterocycles. The fourth-order valence-corrected chi connectivity index (χ4v) is 1.21. The summed E-state index contributed by atoms with van der Waals surface area (Å²) in [5.41, 5.74) is 6.16. The first-order valence-electron chi connectivity index (χ1n) is 2.58. The molecule has 0 aromatic carbocycles. The molecule has 3 N–H and O–H groups in total. The molecule has 2 nitrogen and oxygen atoms in total. The number of thiol groups is 1. The van der Waals surface area contributed by atoms with Crippen molar-refractivity contribution in [1.82, 2.24) is 4.72 Å². The molecule has 5 heteroatoms. The highest BCUT2D eigenvalue weighted by molar-refractivity contribution is 7.98. The van der Waals surface area contributed by atoms with Crippen LogP contribution in [0.4, 0.5) is 0 Å². The van der Waals surface area contributed by atoms with Crippen LogP contribution in [0.25, 0.3) is 0 Å². The highest BCUT2D eigenvalue weighted by Crippen LogP contribution is 2.07. The van der Waals surface area contributed by atoms with Gasteiger partial charge in [-0.2, -0.15) is 0 Å². The largest absolute Gasteiger partial charge is 0.390 e. The molecule has 0 fully saturated rings. The third-order valence-electron chi connectivity index (χ3n) is 0.924. The lowest BCUT2D eigenvalue weighted by atomic mass is 10.3. The maximum Gasteiger partial charge on any atom is 0.102 e. The van der Waals surface area contributed by atoms with Crippen molar-refractivity contribution in [1.29, 1.82) is 0 Å². The minimum absolute atomic E-state index is 0.381. The number of rotatable bonds is 3. The predicted molar refractivity (Wildman–Crippen MR) is 55.1 cm³/mol.